The Kier molecular flexibility index (Phi) is 5.43. The molecule has 2 N–H and O–H groups in total. The molecule has 17 heavy (non-hydrogen) atoms. The van der Waals surface area contributed by atoms with Gasteiger partial charge in [0.05, 0.1) is 0 Å². The van der Waals surface area contributed by atoms with E-state index < -0.39 is 5.97 Å². The maximum atomic E-state index is 10.8. The lowest BCUT2D eigenvalue weighted by molar-refractivity contribution is -0.139. The molecule has 94 valence electrons. The molecular formula is C12H15BrClNO2. The molecule has 1 aromatic carbocycles. The van der Waals surface area contributed by atoms with E-state index in [1.54, 1.807) is 0 Å². The van der Waals surface area contributed by atoms with Gasteiger partial charge >= 0.3 is 5.97 Å². The Morgan fingerprint density at radius 2 is 2.18 bits per heavy atom. The second-order valence-corrected chi connectivity index (χ2v) is 5.05. The molecule has 2 rings (SSSR count). The molecule has 3 nitrogen and oxygen atoms in total. The van der Waals surface area contributed by atoms with Crippen molar-refractivity contribution in [3.05, 3.63) is 34.3 Å². The van der Waals surface area contributed by atoms with E-state index in [1.165, 1.54) is 5.56 Å². The predicted molar refractivity (Wildman–Crippen MR) is 72.6 cm³/mol. The summed E-state index contributed by atoms with van der Waals surface area (Å²) in [5, 5.41) is 11.9. The number of hydrogen-bond acceptors (Lipinski definition) is 2. The van der Waals surface area contributed by atoms with Crippen molar-refractivity contribution in [2.75, 3.05) is 6.54 Å². The van der Waals surface area contributed by atoms with Crippen molar-refractivity contribution >= 4 is 34.3 Å². The van der Waals surface area contributed by atoms with E-state index in [0.29, 0.717) is 5.92 Å². The third-order valence-corrected chi connectivity index (χ3v) is 3.76. The number of carboxylic acids is 1. The first kappa shape index (κ1) is 14.5. The summed E-state index contributed by atoms with van der Waals surface area (Å²) >= 11 is 3.51. The molecule has 0 saturated carbocycles. The van der Waals surface area contributed by atoms with Gasteiger partial charge in [-0.1, -0.05) is 34.1 Å². The van der Waals surface area contributed by atoms with Crippen molar-refractivity contribution in [1.82, 2.24) is 5.32 Å². The third-order valence-electron chi connectivity index (χ3n) is 2.99. The van der Waals surface area contributed by atoms with E-state index in [0.717, 1.165) is 23.9 Å². The Bertz CT molecular complexity index is 400. The monoisotopic (exact) mass is 319 g/mol. The fourth-order valence-corrected chi connectivity index (χ4v) is 2.57. The number of nitrogens with one attached hydrogen (secondary N) is 1. The Morgan fingerprint density at radius 1 is 1.47 bits per heavy atom. The van der Waals surface area contributed by atoms with Crippen molar-refractivity contribution in [2.24, 2.45) is 5.92 Å². The van der Waals surface area contributed by atoms with Crippen LogP contribution in [0.4, 0.5) is 0 Å². The second-order valence-electron chi connectivity index (χ2n) is 4.20. The quantitative estimate of drug-likeness (QED) is 0.899. The van der Waals surface area contributed by atoms with Crippen LogP contribution in [0.1, 0.15) is 12.0 Å². The molecule has 1 heterocycles. The van der Waals surface area contributed by atoms with Crippen molar-refractivity contribution < 1.29 is 9.90 Å². The zero-order valence-electron chi connectivity index (χ0n) is 9.23. The summed E-state index contributed by atoms with van der Waals surface area (Å²) < 4.78 is 1.11. The molecule has 1 fully saturated rings. The molecule has 1 aromatic rings. The summed E-state index contributed by atoms with van der Waals surface area (Å²) in [7, 11) is 0. The van der Waals surface area contributed by atoms with Crippen molar-refractivity contribution in [2.45, 2.75) is 18.9 Å². The third kappa shape index (κ3) is 3.69. The first-order valence-corrected chi connectivity index (χ1v) is 6.15. The minimum atomic E-state index is -0.741. The van der Waals surface area contributed by atoms with Crippen LogP contribution >= 0.6 is 28.3 Å². The molecule has 2 unspecified atom stereocenters. The fraction of sp³-hybridized carbons (Fsp3) is 0.417. The van der Waals surface area contributed by atoms with E-state index in [9.17, 15) is 4.79 Å². The molecule has 1 aliphatic heterocycles. The Labute approximate surface area is 115 Å². The number of hydrogen-bond donors (Lipinski definition) is 2. The zero-order chi connectivity index (χ0) is 11.5. The maximum Gasteiger partial charge on any atom is 0.320 e. The lowest BCUT2D eigenvalue weighted by Crippen LogP contribution is -2.29. The van der Waals surface area contributed by atoms with E-state index >= 15 is 0 Å². The molecular weight excluding hydrogens is 305 g/mol. The summed E-state index contributed by atoms with van der Waals surface area (Å²) in [6, 6.07) is 7.73. The minimum absolute atomic E-state index is 0. The van der Waals surface area contributed by atoms with Gasteiger partial charge in [-0.2, -0.15) is 0 Å². The van der Waals surface area contributed by atoms with Gasteiger partial charge in [0.2, 0.25) is 0 Å². The van der Waals surface area contributed by atoms with Crippen molar-refractivity contribution in [3.63, 3.8) is 0 Å². The number of aliphatic carboxylic acids is 1. The molecule has 1 aliphatic rings. The van der Waals surface area contributed by atoms with Gasteiger partial charge in [0.1, 0.15) is 6.04 Å². The summed E-state index contributed by atoms with van der Waals surface area (Å²) in [4.78, 5) is 10.8. The number of carbonyl (C=O) groups is 1. The zero-order valence-corrected chi connectivity index (χ0v) is 11.6. The number of halogens is 2. The summed E-state index contributed by atoms with van der Waals surface area (Å²) in [6.45, 7) is 0.790. The highest BCUT2D eigenvalue weighted by atomic mass is 79.9. The van der Waals surface area contributed by atoms with Crippen molar-refractivity contribution in [1.29, 1.82) is 0 Å². The normalized spacial score (nSPS) is 23.1. The highest BCUT2D eigenvalue weighted by molar-refractivity contribution is 9.10. The fourth-order valence-electron chi connectivity index (χ4n) is 2.13. The van der Waals surface area contributed by atoms with Crippen LogP contribution in [0.2, 0.25) is 0 Å². The second kappa shape index (κ2) is 6.38. The van der Waals surface area contributed by atoms with Crippen LogP contribution in [0.5, 0.6) is 0 Å². The Morgan fingerprint density at radius 3 is 2.76 bits per heavy atom. The molecule has 0 aliphatic carbocycles. The van der Waals surface area contributed by atoms with Crippen LogP contribution in [-0.2, 0) is 11.2 Å². The van der Waals surface area contributed by atoms with E-state index in [2.05, 4.69) is 27.3 Å². The molecule has 0 spiro atoms. The first-order valence-electron chi connectivity index (χ1n) is 5.36. The first-order chi connectivity index (χ1) is 7.66. The lowest BCUT2D eigenvalue weighted by Gasteiger charge is -2.09. The Hall–Kier alpha value is -0.580. The van der Waals surface area contributed by atoms with Gasteiger partial charge in [0.15, 0.2) is 0 Å². The van der Waals surface area contributed by atoms with E-state index in [1.807, 2.05) is 18.2 Å². The standard InChI is InChI=1S/C12H14BrNO2.ClH/c13-10-4-2-1-3-9(10)5-8-6-11(12(15)16)14-7-8;/h1-4,8,11,14H,5-7H2,(H,15,16);1H. The van der Waals surface area contributed by atoms with Crippen LogP contribution < -0.4 is 5.32 Å². The van der Waals surface area contributed by atoms with Gasteiger partial charge in [0.25, 0.3) is 0 Å². The van der Waals surface area contributed by atoms with Gasteiger partial charge < -0.3 is 10.4 Å². The Balaban J connectivity index is 0.00000144. The van der Waals surface area contributed by atoms with Crippen LogP contribution in [0, 0.1) is 5.92 Å². The van der Waals surface area contributed by atoms with Crippen LogP contribution in [0.25, 0.3) is 0 Å². The predicted octanol–water partition coefficient (Wildman–Crippen LogP) is 2.48. The molecule has 0 amide bonds. The minimum Gasteiger partial charge on any atom is -0.480 e. The van der Waals surface area contributed by atoms with E-state index in [4.69, 9.17) is 5.11 Å². The topological polar surface area (TPSA) is 49.3 Å². The van der Waals surface area contributed by atoms with Gasteiger partial charge in [-0.25, -0.2) is 0 Å². The number of rotatable bonds is 3. The van der Waals surface area contributed by atoms with Crippen LogP contribution in [0.15, 0.2) is 28.7 Å². The molecule has 0 bridgehead atoms. The summed E-state index contributed by atoms with van der Waals surface area (Å²) in [5.74, 6) is -0.325. The average Bonchev–Trinajstić information content (AvgIpc) is 2.70. The highest BCUT2D eigenvalue weighted by Gasteiger charge is 2.29. The van der Waals surface area contributed by atoms with Gasteiger partial charge in [-0.15, -0.1) is 12.4 Å². The number of benzene rings is 1. The molecule has 5 heteroatoms. The average molecular weight is 321 g/mol. The van der Waals surface area contributed by atoms with Crippen LogP contribution in [0.3, 0.4) is 0 Å². The molecule has 0 aromatic heterocycles. The largest absolute Gasteiger partial charge is 0.480 e. The van der Waals surface area contributed by atoms with Gasteiger partial charge in [-0.05, 0) is 36.9 Å². The summed E-state index contributed by atoms with van der Waals surface area (Å²) in [6.07, 6.45) is 1.65. The summed E-state index contributed by atoms with van der Waals surface area (Å²) in [5.41, 5.74) is 1.25. The molecule has 2 atom stereocenters. The number of carboxylic acid groups (broad SMARTS) is 1. The maximum absolute atomic E-state index is 10.8. The van der Waals surface area contributed by atoms with E-state index in [-0.39, 0.29) is 18.4 Å². The van der Waals surface area contributed by atoms with Crippen molar-refractivity contribution in [3.8, 4) is 0 Å². The molecule has 1 saturated heterocycles. The SMILES string of the molecule is Cl.O=C(O)C1CC(Cc2ccccc2Br)CN1. The molecule has 0 radical (unpaired) electrons. The van der Waals surface area contributed by atoms with Crippen LogP contribution in [-0.4, -0.2) is 23.7 Å². The van der Waals surface area contributed by atoms with Gasteiger partial charge in [0, 0.05) is 4.47 Å². The van der Waals surface area contributed by atoms with Gasteiger partial charge in [-0.3, -0.25) is 4.79 Å². The highest BCUT2D eigenvalue weighted by Crippen LogP contribution is 2.24. The lowest BCUT2D eigenvalue weighted by atomic mass is 9.97. The smallest absolute Gasteiger partial charge is 0.320 e.